The maximum atomic E-state index is 2.43. The van der Waals surface area contributed by atoms with Gasteiger partial charge in [0, 0.05) is 22.8 Å². The Bertz CT molecular complexity index is 996. The number of fused-ring (bicyclic) bond motifs is 1. The second-order valence-corrected chi connectivity index (χ2v) is 8.09. The fourth-order valence-electron chi connectivity index (χ4n) is 4.85. The van der Waals surface area contributed by atoms with E-state index >= 15 is 0 Å². The van der Waals surface area contributed by atoms with Gasteiger partial charge >= 0.3 is 0 Å². The Labute approximate surface area is 156 Å². The van der Waals surface area contributed by atoms with E-state index in [0.717, 1.165) is 11.8 Å². The number of hydrogen-bond donors (Lipinski definition) is 0. The normalized spacial score (nSPS) is 21.7. The molecular formula is C25H27N. The quantitative estimate of drug-likeness (QED) is 0.485. The van der Waals surface area contributed by atoms with Crippen LogP contribution in [0.15, 0.2) is 60.3 Å². The van der Waals surface area contributed by atoms with Crippen LogP contribution >= 0.6 is 0 Å². The highest BCUT2D eigenvalue weighted by Gasteiger charge is 2.37. The first-order chi connectivity index (χ1) is 12.8. The fraction of sp³-hybridized carbons (Fsp3) is 0.360. The lowest BCUT2D eigenvalue weighted by molar-refractivity contribution is 0.229. The van der Waals surface area contributed by atoms with Gasteiger partial charge < -0.3 is 4.57 Å². The Morgan fingerprint density at radius 1 is 1.00 bits per heavy atom. The first-order valence-electron chi connectivity index (χ1n) is 10.2. The van der Waals surface area contributed by atoms with Gasteiger partial charge in [0.05, 0.1) is 5.52 Å². The second kappa shape index (κ2) is 6.16. The summed E-state index contributed by atoms with van der Waals surface area (Å²) in [7, 11) is 0. The smallest absolute Gasteiger partial charge is 0.0534 e. The molecule has 2 aliphatic rings. The highest BCUT2D eigenvalue weighted by molar-refractivity contribution is 5.96. The number of hydrogen-bond acceptors (Lipinski definition) is 0. The number of nitrogens with zero attached hydrogens (tertiary/aromatic N) is 1. The van der Waals surface area contributed by atoms with Gasteiger partial charge in [-0.3, -0.25) is 0 Å². The Morgan fingerprint density at radius 2 is 1.77 bits per heavy atom. The Kier molecular flexibility index (Phi) is 3.77. The number of allylic oxidation sites excluding steroid dienone is 2. The average Bonchev–Trinajstić information content (AvgIpc) is 3.40. The minimum atomic E-state index is 0.786. The minimum Gasteiger partial charge on any atom is -0.316 e. The summed E-state index contributed by atoms with van der Waals surface area (Å²) in [4.78, 5) is 0. The van der Waals surface area contributed by atoms with E-state index in [0.29, 0.717) is 0 Å². The monoisotopic (exact) mass is 341 g/mol. The lowest BCUT2D eigenvalue weighted by Crippen LogP contribution is -2.26. The first-order valence-corrected chi connectivity index (χ1v) is 10.2. The van der Waals surface area contributed by atoms with Crippen LogP contribution in [0.2, 0.25) is 0 Å². The van der Waals surface area contributed by atoms with Crippen molar-refractivity contribution >= 4 is 16.5 Å². The molecule has 2 aliphatic carbocycles. The third-order valence-electron chi connectivity index (χ3n) is 6.57. The van der Waals surface area contributed by atoms with Crippen molar-refractivity contribution in [3.8, 4) is 5.69 Å². The highest BCUT2D eigenvalue weighted by Crippen LogP contribution is 2.52. The molecule has 132 valence electrons. The summed E-state index contributed by atoms with van der Waals surface area (Å²) >= 11 is 0. The molecule has 0 radical (unpaired) electrons. The zero-order valence-electron chi connectivity index (χ0n) is 15.8. The highest BCUT2D eigenvalue weighted by atomic mass is 15.0. The lowest BCUT2D eigenvalue weighted by atomic mass is 9.66. The molecule has 1 heterocycles. The van der Waals surface area contributed by atoms with Gasteiger partial charge in [0.1, 0.15) is 0 Å². The number of aryl methyl sites for hydroxylation is 1. The van der Waals surface area contributed by atoms with E-state index < -0.39 is 0 Å². The van der Waals surface area contributed by atoms with E-state index in [-0.39, 0.29) is 0 Å². The number of para-hydroxylation sites is 2. The van der Waals surface area contributed by atoms with Crippen LogP contribution < -0.4 is 0 Å². The van der Waals surface area contributed by atoms with Crippen molar-refractivity contribution < 1.29 is 0 Å². The minimum absolute atomic E-state index is 0.786. The number of benzene rings is 2. The summed E-state index contributed by atoms with van der Waals surface area (Å²) in [5.41, 5.74) is 8.89. The molecule has 0 saturated heterocycles. The zero-order valence-corrected chi connectivity index (χ0v) is 15.8. The van der Waals surface area contributed by atoms with E-state index in [2.05, 4.69) is 73.1 Å². The molecule has 1 heteroatoms. The largest absolute Gasteiger partial charge is 0.316 e. The number of aromatic nitrogens is 1. The van der Waals surface area contributed by atoms with Crippen LogP contribution in [0.4, 0.5) is 0 Å². The van der Waals surface area contributed by atoms with Crippen molar-refractivity contribution in [2.45, 2.75) is 46.0 Å². The van der Waals surface area contributed by atoms with E-state index in [1.807, 2.05) is 0 Å². The second-order valence-electron chi connectivity index (χ2n) is 8.09. The van der Waals surface area contributed by atoms with Crippen LogP contribution in [0.25, 0.3) is 22.2 Å². The molecule has 0 amide bonds. The molecular weight excluding hydrogens is 314 g/mol. The topological polar surface area (TPSA) is 4.93 Å². The summed E-state index contributed by atoms with van der Waals surface area (Å²) in [5.74, 6) is 1.67. The predicted octanol–water partition coefficient (Wildman–Crippen LogP) is 6.92. The van der Waals surface area contributed by atoms with Crippen LogP contribution in [-0.2, 0) is 0 Å². The van der Waals surface area contributed by atoms with Crippen molar-refractivity contribution in [2.24, 2.45) is 11.8 Å². The average molecular weight is 341 g/mol. The van der Waals surface area contributed by atoms with Crippen molar-refractivity contribution in [1.82, 2.24) is 4.57 Å². The zero-order chi connectivity index (χ0) is 17.7. The van der Waals surface area contributed by atoms with Crippen molar-refractivity contribution in [3.05, 3.63) is 71.4 Å². The van der Waals surface area contributed by atoms with Gasteiger partial charge in [-0.1, -0.05) is 55.3 Å². The Balaban J connectivity index is 1.72. The SMILES string of the molecule is CCC1CCC1C(=C1CC1)c1cn(-c2ccccc2C)c2ccccc12. The summed E-state index contributed by atoms with van der Waals surface area (Å²) < 4.78 is 2.42. The Morgan fingerprint density at radius 3 is 2.46 bits per heavy atom. The molecule has 2 atom stereocenters. The standard InChI is InChI=1S/C25H27N/c1-3-18-14-15-20(18)25(19-12-13-19)22-16-26(23-10-6-4-8-17(23)2)24-11-7-5-9-21(22)24/h4-11,16,18,20H,3,12-15H2,1-2H3. The van der Waals surface area contributed by atoms with E-state index in [1.165, 1.54) is 59.8 Å². The first kappa shape index (κ1) is 15.9. The van der Waals surface area contributed by atoms with Crippen LogP contribution in [0.5, 0.6) is 0 Å². The molecule has 2 fully saturated rings. The number of rotatable bonds is 4. The summed E-state index contributed by atoms with van der Waals surface area (Å²) in [6.45, 7) is 4.58. The molecule has 1 aromatic heterocycles. The predicted molar refractivity (Wildman–Crippen MR) is 111 cm³/mol. The van der Waals surface area contributed by atoms with Gasteiger partial charge in [-0.2, -0.15) is 0 Å². The van der Waals surface area contributed by atoms with Crippen LogP contribution in [0.3, 0.4) is 0 Å². The lowest BCUT2D eigenvalue weighted by Gasteiger charge is -2.38. The van der Waals surface area contributed by atoms with Crippen molar-refractivity contribution in [2.75, 3.05) is 0 Å². The van der Waals surface area contributed by atoms with Crippen LogP contribution in [0.1, 0.15) is 50.2 Å². The molecule has 1 nitrogen and oxygen atoms in total. The molecule has 5 rings (SSSR count). The third-order valence-corrected chi connectivity index (χ3v) is 6.57. The third kappa shape index (κ3) is 2.45. The molecule has 0 aliphatic heterocycles. The van der Waals surface area contributed by atoms with Crippen molar-refractivity contribution in [1.29, 1.82) is 0 Å². The fourth-order valence-corrected chi connectivity index (χ4v) is 4.85. The van der Waals surface area contributed by atoms with E-state index in [1.54, 1.807) is 11.1 Å². The maximum absolute atomic E-state index is 2.43. The summed E-state index contributed by atoms with van der Waals surface area (Å²) in [5, 5.41) is 1.42. The van der Waals surface area contributed by atoms with Gasteiger partial charge in [0.25, 0.3) is 0 Å². The van der Waals surface area contributed by atoms with Gasteiger partial charge in [0.2, 0.25) is 0 Å². The van der Waals surface area contributed by atoms with E-state index in [9.17, 15) is 0 Å². The summed E-state index contributed by atoms with van der Waals surface area (Å²) in [6, 6.07) is 17.7. The van der Waals surface area contributed by atoms with Crippen LogP contribution in [0, 0.1) is 18.8 Å². The maximum Gasteiger partial charge on any atom is 0.0534 e. The molecule has 2 unspecified atom stereocenters. The van der Waals surface area contributed by atoms with E-state index in [4.69, 9.17) is 0 Å². The van der Waals surface area contributed by atoms with Crippen LogP contribution in [-0.4, -0.2) is 4.57 Å². The molecule has 3 aromatic rings. The van der Waals surface area contributed by atoms with Crippen molar-refractivity contribution in [3.63, 3.8) is 0 Å². The van der Waals surface area contributed by atoms with Gasteiger partial charge in [0.15, 0.2) is 0 Å². The van der Waals surface area contributed by atoms with Gasteiger partial charge in [-0.25, -0.2) is 0 Å². The molecule has 26 heavy (non-hydrogen) atoms. The molecule has 0 spiro atoms. The molecule has 0 N–H and O–H groups in total. The summed E-state index contributed by atoms with van der Waals surface area (Å²) in [6.07, 6.45) is 9.16. The molecule has 2 saturated carbocycles. The van der Waals surface area contributed by atoms with Gasteiger partial charge in [-0.05, 0) is 67.7 Å². The van der Waals surface area contributed by atoms with Gasteiger partial charge in [-0.15, -0.1) is 0 Å². The Hall–Kier alpha value is -2.28. The molecule has 2 aromatic carbocycles. The molecule has 0 bridgehead atoms.